The van der Waals surface area contributed by atoms with Crippen molar-refractivity contribution in [2.75, 3.05) is 32.8 Å². The number of nitrogens with one attached hydrogen (secondary N) is 2. The predicted molar refractivity (Wildman–Crippen MR) is 117 cm³/mol. The Kier molecular flexibility index (Phi) is 6.43. The van der Waals surface area contributed by atoms with Crippen molar-refractivity contribution in [3.8, 4) is 5.75 Å². The number of halogens is 3. The number of likely N-dealkylation sites (tertiary alicyclic amines) is 1. The fourth-order valence-electron chi connectivity index (χ4n) is 3.83. The number of fused-ring (bicyclic) bond motifs is 1. The molecule has 1 aromatic heterocycles. The van der Waals surface area contributed by atoms with Crippen LogP contribution >= 0.6 is 11.6 Å². The topological polar surface area (TPSA) is 57.4 Å². The van der Waals surface area contributed by atoms with Crippen LogP contribution in [0.5, 0.6) is 5.75 Å². The van der Waals surface area contributed by atoms with Gasteiger partial charge in [0.15, 0.2) is 0 Å². The quantitative estimate of drug-likeness (QED) is 0.521. The first-order valence-corrected chi connectivity index (χ1v) is 10.7. The molecule has 2 aromatic carbocycles. The molecule has 0 saturated carbocycles. The molecule has 31 heavy (non-hydrogen) atoms. The molecule has 1 aliphatic rings. The maximum absolute atomic E-state index is 15.1. The number of aromatic amines is 1. The van der Waals surface area contributed by atoms with Gasteiger partial charge in [0, 0.05) is 61.7 Å². The number of piperidine rings is 1. The average Bonchev–Trinajstić information content (AvgIpc) is 3.25. The smallest absolute Gasteiger partial charge is 0.253 e. The van der Waals surface area contributed by atoms with Gasteiger partial charge in [-0.2, -0.15) is 0 Å². The Balaban J connectivity index is 1.21. The minimum absolute atomic E-state index is 0.0955. The summed E-state index contributed by atoms with van der Waals surface area (Å²) < 4.78 is 34.3. The van der Waals surface area contributed by atoms with Crippen LogP contribution in [0, 0.1) is 5.82 Å². The van der Waals surface area contributed by atoms with Crippen LogP contribution < -0.4 is 10.1 Å². The molecule has 0 atom stereocenters. The van der Waals surface area contributed by atoms with Crippen molar-refractivity contribution in [3.05, 3.63) is 65.1 Å². The molecule has 0 unspecified atom stereocenters. The molecule has 5 nitrogen and oxygen atoms in total. The van der Waals surface area contributed by atoms with Crippen LogP contribution in [0.2, 0.25) is 5.02 Å². The van der Waals surface area contributed by atoms with Gasteiger partial charge in [-0.3, -0.25) is 4.79 Å². The first-order valence-electron chi connectivity index (χ1n) is 10.3. The van der Waals surface area contributed by atoms with Crippen molar-refractivity contribution in [2.45, 2.75) is 18.5 Å². The SMILES string of the molecule is O=C(c1ccc(F)c(Cl)c1)N1CCC(F)(CNCCOc2cccc3[nH]ccc23)CC1. The van der Waals surface area contributed by atoms with E-state index in [1.807, 2.05) is 30.5 Å². The summed E-state index contributed by atoms with van der Waals surface area (Å²) in [6.45, 7) is 1.75. The van der Waals surface area contributed by atoms with E-state index < -0.39 is 11.5 Å². The molecule has 1 amide bonds. The van der Waals surface area contributed by atoms with E-state index in [9.17, 15) is 9.18 Å². The van der Waals surface area contributed by atoms with E-state index in [4.69, 9.17) is 16.3 Å². The lowest BCUT2D eigenvalue weighted by molar-refractivity contribution is 0.0433. The third-order valence-corrected chi connectivity index (χ3v) is 5.94. The van der Waals surface area contributed by atoms with E-state index in [1.165, 1.54) is 18.2 Å². The number of carbonyl (C=O) groups is 1. The average molecular weight is 448 g/mol. The summed E-state index contributed by atoms with van der Waals surface area (Å²) in [4.78, 5) is 17.3. The van der Waals surface area contributed by atoms with E-state index in [0.717, 1.165) is 16.7 Å². The summed E-state index contributed by atoms with van der Waals surface area (Å²) in [7, 11) is 0. The van der Waals surface area contributed by atoms with Crippen molar-refractivity contribution < 1.29 is 18.3 Å². The van der Waals surface area contributed by atoms with Gasteiger partial charge in [0.2, 0.25) is 0 Å². The Hall–Kier alpha value is -2.64. The van der Waals surface area contributed by atoms with E-state index in [-0.39, 0.29) is 30.3 Å². The Bertz CT molecular complexity index is 1060. The monoisotopic (exact) mass is 447 g/mol. The molecule has 0 aliphatic carbocycles. The lowest BCUT2D eigenvalue weighted by atomic mass is 9.93. The van der Waals surface area contributed by atoms with Crippen LogP contribution in [0.15, 0.2) is 48.7 Å². The Labute approximate surface area is 184 Å². The van der Waals surface area contributed by atoms with Gasteiger partial charge in [-0.15, -0.1) is 0 Å². The summed E-state index contributed by atoms with van der Waals surface area (Å²) in [5.74, 6) is -0.0352. The maximum Gasteiger partial charge on any atom is 0.253 e. The summed E-state index contributed by atoms with van der Waals surface area (Å²) in [6.07, 6.45) is 2.35. The summed E-state index contributed by atoms with van der Waals surface area (Å²) in [6, 6.07) is 11.7. The molecule has 2 heterocycles. The van der Waals surface area contributed by atoms with Crippen LogP contribution in [0.25, 0.3) is 10.9 Å². The number of benzene rings is 2. The molecular formula is C23H24ClF2N3O2. The van der Waals surface area contributed by atoms with Gasteiger partial charge < -0.3 is 19.9 Å². The normalized spacial score (nSPS) is 15.9. The molecule has 164 valence electrons. The van der Waals surface area contributed by atoms with Gasteiger partial charge in [-0.05, 0) is 36.4 Å². The zero-order chi connectivity index (χ0) is 21.8. The van der Waals surface area contributed by atoms with Crippen molar-refractivity contribution in [2.24, 2.45) is 0 Å². The summed E-state index contributed by atoms with van der Waals surface area (Å²) in [5, 5.41) is 4.05. The lowest BCUT2D eigenvalue weighted by Crippen LogP contribution is -2.49. The van der Waals surface area contributed by atoms with E-state index in [0.29, 0.717) is 31.8 Å². The van der Waals surface area contributed by atoms with Crippen LogP contribution in [0.3, 0.4) is 0 Å². The first-order chi connectivity index (χ1) is 15.0. The Morgan fingerprint density at radius 3 is 2.81 bits per heavy atom. The fourth-order valence-corrected chi connectivity index (χ4v) is 4.01. The van der Waals surface area contributed by atoms with Crippen molar-refractivity contribution in [1.82, 2.24) is 15.2 Å². The van der Waals surface area contributed by atoms with Crippen molar-refractivity contribution in [3.63, 3.8) is 0 Å². The first kappa shape index (κ1) is 21.6. The highest BCUT2D eigenvalue weighted by molar-refractivity contribution is 6.31. The standard InChI is InChI=1S/C23H24ClF2N3O2/c24-18-14-16(4-5-19(18)25)22(30)29-11-7-23(26,8-12-29)15-27-10-13-31-21-3-1-2-20-17(21)6-9-28-20/h1-6,9,14,27-28H,7-8,10-13,15H2. The highest BCUT2D eigenvalue weighted by Gasteiger charge is 2.35. The third-order valence-electron chi connectivity index (χ3n) is 5.65. The molecule has 0 bridgehead atoms. The third kappa shape index (κ3) is 4.99. The molecule has 1 saturated heterocycles. The van der Waals surface area contributed by atoms with Crippen LogP contribution in [0.4, 0.5) is 8.78 Å². The van der Waals surface area contributed by atoms with Crippen molar-refractivity contribution in [1.29, 1.82) is 0 Å². The summed E-state index contributed by atoms with van der Waals surface area (Å²) in [5.41, 5.74) is -0.0550. The Morgan fingerprint density at radius 1 is 1.23 bits per heavy atom. The molecule has 0 radical (unpaired) electrons. The highest BCUT2D eigenvalue weighted by atomic mass is 35.5. The van der Waals surface area contributed by atoms with E-state index >= 15 is 4.39 Å². The molecule has 0 spiro atoms. The van der Waals surface area contributed by atoms with E-state index in [1.54, 1.807) is 4.90 Å². The second-order valence-corrected chi connectivity index (χ2v) is 8.20. The number of H-pyrrole nitrogens is 1. The number of nitrogens with zero attached hydrogens (tertiary/aromatic N) is 1. The molecule has 1 aliphatic heterocycles. The summed E-state index contributed by atoms with van der Waals surface area (Å²) >= 11 is 5.76. The largest absolute Gasteiger partial charge is 0.492 e. The van der Waals surface area contributed by atoms with Crippen LogP contribution in [0.1, 0.15) is 23.2 Å². The molecule has 4 rings (SSSR count). The van der Waals surface area contributed by atoms with Crippen LogP contribution in [-0.2, 0) is 0 Å². The molecule has 8 heteroatoms. The maximum atomic E-state index is 15.1. The Morgan fingerprint density at radius 2 is 2.03 bits per heavy atom. The predicted octanol–water partition coefficient (Wildman–Crippen LogP) is 4.57. The second-order valence-electron chi connectivity index (χ2n) is 7.79. The fraction of sp³-hybridized carbons (Fsp3) is 0.348. The number of hydrogen-bond donors (Lipinski definition) is 2. The van der Waals surface area contributed by atoms with Gasteiger partial charge >= 0.3 is 0 Å². The highest BCUT2D eigenvalue weighted by Crippen LogP contribution is 2.28. The number of alkyl halides is 1. The minimum Gasteiger partial charge on any atom is -0.492 e. The van der Waals surface area contributed by atoms with Gasteiger partial charge in [-0.25, -0.2) is 8.78 Å². The molecule has 1 fully saturated rings. The zero-order valence-electron chi connectivity index (χ0n) is 17.0. The minimum atomic E-state index is -1.38. The number of hydrogen-bond acceptors (Lipinski definition) is 3. The van der Waals surface area contributed by atoms with Gasteiger partial charge in [0.05, 0.1) is 5.02 Å². The van der Waals surface area contributed by atoms with Gasteiger partial charge in [0.1, 0.15) is 23.8 Å². The molecular weight excluding hydrogens is 424 g/mol. The molecule has 2 N–H and O–H groups in total. The van der Waals surface area contributed by atoms with Gasteiger partial charge in [0.25, 0.3) is 5.91 Å². The number of ether oxygens (including phenoxy) is 1. The second kappa shape index (κ2) is 9.24. The van der Waals surface area contributed by atoms with E-state index in [2.05, 4.69) is 10.3 Å². The lowest BCUT2D eigenvalue weighted by Gasteiger charge is -2.36. The number of rotatable bonds is 7. The van der Waals surface area contributed by atoms with Crippen LogP contribution in [-0.4, -0.2) is 54.2 Å². The zero-order valence-corrected chi connectivity index (χ0v) is 17.7. The van der Waals surface area contributed by atoms with Crippen molar-refractivity contribution >= 4 is 28.4 Å². The molecule has 3 aromatic rings. The number of amides is 1. The number of carbonyl (C=O) groups excluding carboxylic acids is 1. The van der Waals surface area contributed by atoms with Gasteiger partial charge in [-0.1, -0.05) is 17.7 Å². The number of aromatic nitrogens is 1.